The number of rotatable bonds is 5. The molecule has 0 aliphatic carbocycles. The van der Waals surface area contributed by atoms with Crippen LogP contribution in [-0.4, -0.2) is 32.2 Å². The Morgan fingerprint density at radius 1 is 1.04 bits per heavy atom. The first kappa shape index (κ1) is 18.8. The maximum absolute atomic E-state index is 11.4. The number of nitrogens with zero attached hydrogens (tertiary/aromatic N) is 2. The molecule has 1 heterocycles. The molecule has 0 amide bonds. The summed E-state index contributed by atoms with van der Waals surface area (Å²) in [4.78, 5) is 33.3. The average Bonchev–Trinajstić information content (AvgIpc) is 2.95. The van der Waals surface area contributed by atoms with Crippen LogP contribution in [0.3, 0.4) is 0 Å². The van der Waals surface area contributed by atoms with Crippen LogP contribution in [0.15, 0.2) is 42.5 Å². The zero-order valence-corrected chi connectivity index (χ0v) is 15.0. The Bertz CT molecular complexity index is 1100. The van der Waals surface area contributed by atoms with Gasteiger partial charge in [0.1, 0.15) is 0 Å². The van der Waals surface area contributed by atoms with Crippen molar-refractivity contribution >= 4 is 17.6 Å². The summed E-state index contributed by atoms with van der Waals surface area (Å²) in [5, 5.41) is 32.7. The Morgan fingerprint density at radius 2 is 1.64 bits per heavy atom. The molecule has 28 heavy (non-hydrogen) atoms. The molecule has 3 aromatic rings. The van der Waals surface area contributed by atoms with Gasteiger partial charge in [-0.3, -0.25) is 10.1 Å². The van der Waals surface area contributed by atoms with E-state index in [1.54, 1.807) is 30.7 Å². The van der Waals surface area contributed by atoms with Crippen LogP contribution in [0.5, 0.6) is 0 Å². The predicted octanol–water partition coefficient (Wildman–Crippen LogP) is 2.88. The lowest BCUT2D eigenvalue weighted by molar-refractivity contribution is -0.661. The summed E-state index contributed by atoms with van der Waals surface area (Å²) < 4.78 is 1.56. The number of carbonyl (C=O) groups is 2. The molecule has 3 rings (SSSR count). The lowest BCUT2D eigenvalue weighted by atomic mass is 10.0. The summed E-state index contributed by atoms with van der Waals surface area (Å²) in [5.74, 6) is -2.49. The van der Waals surface area contributed by atoms with E-state index in [2.05, 4.69) is 5.10 Å². The van der Waals surface area contributed by atoms with Crippen LogP contribution in [0.1, 0.15) is 32.1 Å². The smallest absolute Gasteiger partial charge is 0.335 e. The highest BCUT2D eigenvalue weighted by Gasteiger charge is 2.25. The molecule has 0 spiro atoms. The van der Waals surface area contributed by atoms with Gasteiger partial charge in [-0.25, -0.2) is 9.59 Å². The molecule has 0 unspecified atom stereocenters. The van der Waals surface area contributed by atoms with E-state index in [0.29, 0.717) is 28.2 Å². The van der Waals surface area contributed by atoms with Gasteiger partial charge in [0.25, 0.3) is 5.69 Å². The lowest BCUT2D eigenvalue weighted by Gasteiger charge is -2.01. The van der Waals surface area contributed by atoms with Crippen molar-refractivity contribution in [2.24, 2.45) is 0 Å². The first-order chi connectivity index (χ1) is 13.2. The van der Waals surface area contributed by atoms with Crippen molar-refractivity contribution in [3.63, 3.8) is 0 Å². The number of carboxylic acid groups (broad SMARTS) is 2. The van der Waals surface area contributed by atoms with Crippen LogP contribution in [0.2, 0.25) is 0 Å². The first-order valence-electron chi connectivity index (χ1n) is 8.17. The van der Waals surface area contributed by atoms with Crippen LogP contribution in [0, 0.1) is 24.0 Å². The number of aryl methyl sites for hydroxylation is 1. The van der Waals surface area contributed by atoms with E-state index in [9.17, 15) is 29.9 Å². The normalized spacial score (nSPS) is 10.6. The zero-order chi connectivity index (χ0) is 20.6. The number of benzene rings is 2. The number of hydrogen-bond acceptors (Lipinski definition) is 4. The number of hydrogen-bond donors (Lipinski definition) is 3. The van der Waals surface area contributed by atoms with Crippen molar-refractivity contribution in [1.82, 2.24) is 5.10 Å². The quantitative estimate of drug-likeness (QED) is 0.352. The molecular formula is C19H16N3O6+. The van der Waals surface area contributed by atoms with Gasteiger partial charge in [-0.05, 0) is 18.6 Å². The molecule has 1 aromatic heterocycles. The average molecular weight is 382 g/mol. The molecular weight excluding hydrogens is 366 g/mol. The maximum Gasteiger partial charge on any atom is 0.335 e. The van der Waals surface area contributed by atoms with Crippen molar-refractivity contribution in [1.29, 1.82) is 0 Å². The third-order valence-electron chi connectivity index (χ3n) is 4.37. The van der Waals surface area contributed by atoms with Gasteiger partial charge in [-0.15, -0.1) is 0 Å². The fourth-order valence-corrected chi connectivity index (χ4v) is 3.14. The number of nitro benzene ring substituents is 1. The molecule has 0 saturated carbocycles. The molecule has 0 fully saturated rings. The zero-order valence-electron chi connectivity index (χ0n) is 15.0. The summed E-state index contributed by atoms with van der Waals surface area (Å²) in [6, 6.07) is 9.95. The molecule has 3 N–H and O–H groups in total. The molecule has 0 atom stereocenters. The summed E-state index contributed by atoms with van der Waals surface area (Å²) in [6.45, 7) is 3.53. The second-order valence-corrected chi connectivity index (χ2v) is 6.22. The van der Waals surface area contributed by atoms with Crippen LogP contribution >= 0.6 is 0 Å². The fourth-order valence-electron chi connectivity index (χ4n) is 3.14. The topological polar surface area (TPSA) is 137 Å². The summed E-state index contributed by atoms with van der Waals surface area (Å²) in [7, 11) is 0. The van der Waals surface area contributed by atoms with E-state index in [-0.39, 0.29) is 16.8 Å². The fraction of sp³-hybridized carbons (Fsp3) is 0.105. The van der Waals surface area contributed by atoms with Gasteiger partial charge in [-0.2, -0.15) is 5.10 Å². The first-order valence-corrected chi connectivity index (χ1v) is 8.17. The van der Waals surface area contributed by atoms with E-state index in [1.807, 2.05) is 0 Å². The van der Waals surface area contributed by atoms with Crippen molar-refractivity contribution in [3.05, 3.63) is 75.1 Å². The number of aromatic nitrogens is 2. The van der Waals surface area contributed by atoms with E-state index < -0.39 is 16.9 Å². The molecule has 0 aliphatic rings. The third-order valence-corrected chi connectivity index (χ3v) is 4.37. The van der Waals surface area contributed by atoms with Gasteiger partial charge >= 0.3 is 11.9 Å². The number of carboxylic acids is 2. The monoisotopic (exact) mass is 382 g/mol. The minimum atomic E-state index is -1.25. The molecule has 9 nitrogen and oxygen atoms in total. The van der Waals surface area contributed by atoms with Gasteiger partial charge < -0.3 is 10.2 Å². The van der Waals surface area contributed by atoms with Crippen LogP contribution in [0.4, 0.5) is 5.69 Å². The Kier molecular flexibility index (Phi) is 4.66. The number of nitro groups is 1. The Labute approximate surface area is 158 Å². The number of aromatic amines is 1. The number of nitrogens with one attached hydrogen (secondary N) is 1. The van der Waals surface area contributed by atoms with Crippen molar-refractivity contribution in [2.75, 3.05) is 0 Å². The highest BCUT2D eigenvalue weighted by molar-refractivity contribution is 5.94. The van der Waals surface area contributed by atoms with Crippen LogP contribution < -0.4 is 4.68 Å². The largest absolute Gasteiger partial charge is 0.478 e. The van der Waals surface area contributed by atoms with E-state index in [4.69, 9.17) is 0 Å². The van der Waals surface area contributed by atoms with E-state index >= 15 is 0 Å². The van der Waals surface area contributed by atoms with Crippen LogP contribution in [0.25, 0.3) is 16.8 Å². The van der Waals surface area contributed by atoms with Gasteiger partial charge in [0.2, 0.25) is 11.4 Å². The van der Waals surface area contributed by atoms with E-state index in [0.717, 1.165) is 6.07 Å². The second-order valence-electron chi connectivity index (χ2n) is 6.22. The van der Waals surface area contributed by atoms with Gasteiger partial charge in [0.05, 0.1) is 27.3 Å². The molecule has 0 aliphatic heterocycles. The highest BCUT2D eigenvalue weighted by Crippen LogP contribution is 2.28. The number of aromatic carboxylic acids is 2. The third kappa shape index (κ3) is 3.32. The molecule has 0 saturated heterocycles. The second kappa shape index (κ2) is 6.95. The number of H-pyrrole nitrogens is 1. The predicted molar refractivity (Wildman–Crippen MR) is 97.8 cm³/mol. The van der Waals surface area contributed by atoms with Crippen molar-refractivity contribution in [3.8, 4) is 16.8 Å². The molecule has 0 radical (unpaired) electrons. The van der Waals surface area contributed by atoms with Gasteiger partial charge in [0, 0.05) is 31.2 Å². The molecule has 9 heteroatoms. The number of non-ortho nitro benzene ring substituents is 1. The standard InChI is InChI=1S/C19H15N3O6/c1-10-17(12-4-3-5-15(7-12)22(27)28)11(2)21(20-10)16-8-13(18(23)24)6-14(9-16)19(25)26/h3-9H,1-2H3,(H2,23,24,25,26)/p+1. The minimum Gasteiger partial charge on any atom is -0.478 e. The highest BCUT2D eigenvalue weighted by atomic mass is 16.6. The molecule has 0 bridgehead atoms. The minimum absolute atomic E-state index is 0.0508. The SMILES string of the molecule is Cc1[nH][n+](-c2cc(C(=O)O)cc(C(=O)O)c2)c(C)c1-c1cccc([N+](=O)[O-])c1. The van der Waals surface area contributed by atoms with Gasteiger partial charge in [-0.1, -0.05) is 16.8 Å². The lowest BCUT2D eigenvalue weighted by Crippen LogP contribution is -2.36. The Morgan fingerprint density at radius 3 is 2.18 bits per heavy atom. The molecule has 142 valence electrons. The van der Waals surface area contributed by atoms with E-state index in [1.165, 1.54) is 24.3 Å². The maximum atomic E-state index is 11.4. The Hall–Kier alpha value is -4.01. The Balaban J connectivity index is 2.20. The summed E-state index contributed by atoms with van der Waals surface area (Å²) in [5.41, 5.74) is 2.62. The summed E-state index contributed by atoms with van der Waals surface area (Å²) >= 11 is 0. The van der Waals surface area contributed by atoms with Crippen molar-refractivity contribution in [2.45, 2.75) is 13.8 Å². The summed E-state index contributed by atoms with van der Waals surface area (Å²) in [6.07, 6.45) is 0. The van der Waals surface area contributed by atoms with Crippen LogP contribution in [-0.2, 0) is 0 Å². The van der Waals surface area contributed by atoms with Gasteiger partial charge in [0.15, 0.2) is 0 Å². The van der Waals surface area contributed by atoms with Crippen molar-refractivity contribution < 1.29 is 29.4 Å². The molecule has 2 aromatic carbocycles.